The number of hydrogen-bond acceptors (Lipinski definition) is 5. The van der Waals surface area contributed by atoms with E-state index in [0.29, 0.717) is 18.3 Å². The van der Waals surface area contributed by atoms with Crippen molar-refractivity contribution in [3.05, 3.63) is 21.9 Å². The highest BCUT2D eigenvalue weighted by molar-refractivity contribution is 5.89. The molecule has 0 bridgehead atoms. The van der Waals surface area contributed by atoms with E-state index in [9.17, 15) is 14.7 Å². The molecule has 0 radical (unpaired) electrons. The molecule has 0 fully saturated rings. The second kappa shape index (κ2) is 5.03. The van der Waals surface area contributed by atoms with Crippen LogP contribution in [-0.2, 0) is 11.3 Å². The Bertz CT molecular complexity index is 564. The molecule has 2 atom stereocenters. The second-order valence-corrected chi connectivity index (χ2v) is 5.05. The molecular weight excluding hydrogens is 248 g/mol. The highest BCUT2D eigenvalue weighted by Gasteiger charge is 2.29. The summed E-state index contributed by atoms with van der Waals surface area (Å²) in [7, 11) is 0. The molecule has 0 aromatic carbocycles. The molecule has 104 valence electrons. The minimum Gasteiger partial charge on any atom is -0.501 e. The van der Waals surface area contributed by atoms with Crippen molar-refractivity contribution in [2.75, 3.05) is 6.61 Å². The largest absolute Gasteiger partial charge is 0.501 e. The molecule has 1 aromatic rings. The van der Waals surface area contributed by atoms with Crippen molar-refractivity contribution in [1.29, 1.82) is 0 Å². The molecule has 6 nitrogen and oxygen atoms in total. The smallest absolute Gasteiger partial charge is 0.361 e. The Balaban J connectivity index is 2.57. The van der Waals surface area contributed by atoms with Gasteiger partial charge in [0, 0.05) is 12.5 Å². The van der Waals surface area contributed by atoms with Gasteiger partial charge in [-0.3, -0.25) is 9.36 Å². The molecule has 2 unspecified atom stereocenters. The molecule has 2 rings (SSSR count). The molecular formula is C13H18N2O4. The first-order chi connectivity index (χ1) is 8.95. The molecule has 6 heteroatoms. The summed E-state index contributed by atoms with van der Waals surface area (Å²) in [5.74, 6) is -0.418. The van der Waals surface area contributed by atoms with E-state index in [4.69, 9.17) is 4.74 Å². The Morgan fingerprint density at radius 3 is 2.84 bits per heavy atom. The predicted molar refractivity (Wildman–Crippen MR) is 68.3 cm³/mol. The average molecular weight is 266 g/mol. The van der Waals surface area contributed by atoms with Crippen LogP contribution in [0.15, 0.2) is 4.79 Å². The van der Waals surface area contributed by atoms with Crippen LogP contribution >= 0.6 is 0 Å². The third-order valence-corrected chi connectivity index (χ3v) is 3.33. The van der Waals surface area contributed by atoms with Crippen molar-refractivity contribution in [2.45, 2.75) is 39.7 Å². The van der Waals surface area contributed by atoms with Crippen LogP contribution in [-0.4, -0.2) is 27.2 Å². The highest BCUT2D eigenvalue weighted by atomic mass is 16.5. The van der Waals surface area contributed by atoms with Crippen LogP contribution in [0, 0.1) is 5.92 Å². The number of aromatic nitrogens is 2. The number of fused-ring (bicyclic) bond motifs is 1. The number of ether oxygens (including phenoxy) is 1. The number of carbonyl (C=O) groups is 1. The number of esters is 1. The van der Waals surface area contributed by atoms with Gasteiger partial charge in [-0.05, 0) is 19.3 Å². The summed E-state index contributed by atoms with van der Waals surface area (Å²) < 4.78 is 6.26. The molecule has 1 aliphatic rings. The maximum atomic E-state index is 12.1. The Morgan fingerprint density at radius 2 is 2.21 bits per heavy atom. The number of aromatic hydroxyl groups is 1. The predicted octanol–water partition coefficient (Wildman–Crippen LogP) is 1.27. The van der Waals surface area contributed by atoms with E-state index >= 15 is 0 Å². The third-order valence-electron chi connectivity index (χ3n) is 3.33. The molecule has 0 saturated heterocycles. The zero-order chi connectivity index (χ0) is 14.2. The van der Waals surface area contributed by atoms with E-state index < -0.39 is 17.3 Å². The molecule has 1 N–H and O–H groups in total. The summed E-state index contributed by atoms with van der Waals surface area (Å²) >= 11 is 0. The SMILES string of the molecule is CCOC(=O)c1nc2n(c(=O)c1O)CC(C)CC2C. The molecule has 19 heavy (non-hydrogen) atoms. The maximum absolute atomic E-state index is 12.1. The average Bonchev–Trinajstić information content (AvgIpc) is 2.34. The number of rotatable bonds is 2. The lowest BCUT2D eigenvalue weighted by atomic mass is 9.92. The van der Waals surface area contributed by atoms with E-state index in [0.717, 1.165) is 6.42 Å². The van der Waals surface area contributed by atoms with E-state index in [1.165, 1.54) is 4.57 Å². The summed E-state index contributed by atoms with van der Waals surface area (Å²) in [5, 5.41) is 9.83. The zero-order valence-electron chi connectivity index (χ0n) is 11.3. The summed E-state index contributed by atoms with van der Waals surface area (Å²) in [4.78, 5) is 27.9. The lowest BCUT2D eigenvalue weighted by molar-refractivity contribution is 0.0513. The van der Waals surface area contributed by atoms with Gasteiger partial charge in [0.25, 0.3) is 5.56 Å². The zero-order valence-corrected chi connectivity index (χ0v) is 11.3. The quantitative estimate of drug-likeness (QED) is 0.815. The number of carbonyl (C=O) groups excluding carboxylic acids is 1. The molecule has 1 aromatic heterocycles. The minimum atomic E-state index is -0.758. The minimum absolute atomic E-state index is 0.0743. The summed E-state index contributed by atoms with van der Waals surface area (Å²) in [5.41, 5.74) is -0.842. The standard InChI is InChI=1S/C13H18N2O4/c1-4-19-13(18)9-10(16)12(17)15-6-7(2)5-8(3)11(15)14-9/h7-8,16H,4-6H2,1-3H3. The molecule has 2 heterocycles. The Kier molecular flexibility index (Phi) is 3.59. The second-order valence-electron chi connectivity index (χ2n) is 5.05. The van der Waals surface area contributed by atoms with Gasteiger partial charge in [-0.15, -0.1) is 0 Å². The van der Waals surface area contributed by atoms with Crippen LogP contribution in [0.3, 0.4) is 0 Å². The number of nitrogens with zero attached hydrogens (tertiary/aromatic N) is 2. The first-order valence-electron chi connectivity index (χ1n) is 6.46. The van der Waals surface area contributed by atoms with Gasteiger partial charge < -0.3 is 9.84 Å². The van der Waals surface area contributed by atoms with Crippen LogP contribution < -0.4 is 5.56 Å². The lowest BCUT2D eigenvalue weighted by Gasteiger charge is -2.28. The van der Waals surface area contributed by atoms with Gasteiger partial charge in [-0.1, -0.05) is 13.8 Å². The molecule has 0 aliphatic carbocycles. The lowest BCUT2D eigenvalue weighted by Crippen LogP contribution is -2.34. The maximum Gasteiger partial charge on any atom is 0.361 e. The van der Waals surface area contributed by atoms with Crippen molar-refractivity contribution in [1.82, 2.24) is 9.55 Å². The normalized spacial score (nSPS) is 21.8. The van der Waals surface area contributed by atoms with E-state index in [-0.39, 0.29) is 18.2 Å². The summed E-state index contributed by atoms with van der Waals surface area (Å²) in [6.07, 6.45) is 0.902. The molecule has 0 saturated carbocycles. The monoisotopic (exact) mass is 266 g/mol. The molecule has 0 spiro atoms. The van der Waals surface area contributed by atoms with Gasteiger partial charge in [-0.25, -0.2) is 9.78 Å². The molecule has 0 amide bonds. The highest BCUT2D eigenvalue weighted by Crippen LogP contribution is 2.29. The molecule has 1 aliphatic heterocycles. The van der Waals surface area contributed by atoms with E-state index in [2.05, 4.69) is 4.98 Å². The summed E-state index contributed by atoms with van der Waals surface area (Å²) in [6, 6.07) is 0. The third kappa shape index (κ3) is 2.34. The van der Waals surface area contributed by atoms with Crippen molar-refractivity contribution >= 4 is 5.97 Å². The van der Waals surface area contributed by atoms with Crippen LogP contribution in [0.2, 0.25) is 0 Å². The fourth-order valence-corrected chi connectivity index (χ4v) is 2.55. The van der Waals surface area contributed by atoms with Crippen LogP contribution in [0.1, 0.15) is 49.4 Å². The van der Waals surface area contributed by atoms with E-state index in [1.54, 1.807) is 6.92 Å². The van der Waals surface area contributed by atoms with Gasteiger partial charge in [-0.2, -0.15) is 0 Å². The topological polar surface area (TPSA) is 81.4 Å². The fourth-order valence-electron chi connectivity index (χ4n) is 2.55. The van der Waals surface area contributed by atoms with Gasteiger partial charge in [0.15, 0.2) is 5.69 Å². The van der Waals surface area contributed by atoms with Gasteiger partial charge >= 0.3 is 5.97 Å². The van der Waals surface area contributed by atoms with Crippen LogP contribution in [0.4, 0.5) is 0 Å². The van der Waals surface area contributed by atoms with Crippen LogP contribution in [0.25, 0.3) is 0 Å². The van der Waals surface area contributed by atoms with Crippen molar-refractivity contribution in [2.24, 2.45) is 5.92 Å². The van der Waals surface area contributed by atoms with Crippen molar-refractivity contribution in [3.63, 3.8) is 0 Å². The van der Waals surface area contributed by atoms with Gasteiger partial charge in [0.2, 0.25) is 5.75 Å². The first-order valence-corrected chi connectivity index (χ1v) is 6.46. The van der Waals surface area contributed by atoms with E-state index in [1.807, 2.05) is 13.8 Å². The number of hydrogen-bond donors (Lipinski definition) is 1. The Morgan fingerprint density at radius 1 is 1.53 bits per heavy atom. The fraction of sp³-hybridized carbons (Fsp3) is 0.615. The Hall–Kier alpha value is -1.85. The van der Waals surface area contributed by atoms with Gasteiger partial charge in [0.05, 0.1) is 6.61 Å². The Labute approximate surface area is 111 Å². The van der Waals surface area contributed by atoms with Crippen molar-refractivity contribution < 1.29 is 14.6 Å². The van der Waals surface area contributed by atoms with Gasteiger partial charge in [0.1, 0.15) is 5.82 Å². The first kappa shape index (κ1) is 13.6. The summed E-state index contributed by atoms with van der Waals surface area (Å²) in [6.45, 7) is 6.35. The van der Waals surface area contributed by atoms with Crippen LogP contribution in [0.5, 0.6) is 5.75 Å². The van der Waals surface area contributed by atoms with Crippen molar-refractivity contribution in [3.8, 4) is 5.75 Å².